The van der Waals surface area contributed by atoms with Crippen LogP contribution in [-0.4, -0.2) is 0 Å². The van der Waals surface area contributed by atoms with Crippen molar-refractivity contribution in [2.24, 2.45) is 17.8 Å². The van der Waals surface area contributed by atoms with Crippen molar-refractivity contribution in [1.82, 2.24) is 0 Å². The molecule has 0 spiro atoms. The minimum Gasteiger partial charge on any atom is -0.0654 e. The van der Waals surface area contributed by atoms with Crippen molar-refractivity contribution >= 4 is 0 Å². The van der Waals surface area contributed by atoms with Crippen molar-refractivity contribution in [2.45, 2.75) is 45.4 Å². The predicted octanol–water partition coefficient (Wildman–Crippen LogP) is 3.22. The molecule has 0 heterocycles. The highest BCUT2D eigenvalue weighted by molar-refractivity contribution is 4.92. The van der Waals surface area contributed by atoms with Crippen molar-refractivity contribution < 1.29 is 0 Å². The molecule has 0 saturated heterocycles. The molecule has 0 N–H and O–H groups in total. The Bertz CT molecular complexity index is 117. The number of hydrogen-bond acceptors (Lipinski definition) is 0. The molecule has 0 heteroatoms. The Morgan fingerprint density at radius 3 is 2.90 bits per heavy atom. The summed E-state index contributed by atoms with van der Waals surface area (Å²) in [6.07, 6.45) is 9.17. The molecule has 3 atom stereocenters. The van der Waals surface area contributed by atoms with Gasteiger partial charge < -0.3 is 0 Å². The van der Waals surface area contributed by atoms with Crippen LogP contribution in [0.2, 0.25) is 0 Å². The highest BCUT2D eigenvalue weighted by Crippen LogP contribution is 2.52. The fraction of sp³-hybridized carbons (Fsp3) is 1.00. The van der Waals surface area contributed by atoms with E-state index < -0.39 is 0 Å². The van der Waals surface area contributed by atoms with Gasteiger partial charge in [-0.2, -0.15) is 0 Å². The summed E-state index contributed by atoms with van der Waals surface area (Å²) in [4.78, 5) is 0. The van der Waals surface area contributed by atoms with E-state index in [0.717, 1.165) is 5.92 Å². The number of hydrogen-bond donors (Lipinski definition) is 0. The summed E-state index contributed by atoms with van der Waals surface area (Å²) >= 11 is 0. The molecule has 2 unspecified atom stereocenters. The molecule has 0 amide bonds. The van der Waals surface area contributed by atoms with Crippen LogP contribution in [0.1, 0.15) is 45.4 Å². The third kappa shape index (κ3) is 0.889. The minimum absolute atomic E-state index is 1.15. The summed E-state index contributed by atoms with van der Waals surface area (Å²) in [5, 5.41) is 0. The fourth-order valence-corrected chi connectivity index (χ4v) is 3.05. The molecule has 0 aromatic heterocycles. The molecule has 2 aliphatic rings. The molecular formula is C10H18. The Morgan fingerprint density at radius 2 is 2.20 bits per heavy atom. The van der Waals surface area contributed by atoms with Gasteiger partial charge in [0.05, 0.1) is 0 Å². The van der Waals surface area contributed by atoms with E-state index in [1.807, 2.05) is 0 Å². The van der Waals surface area contributed by atoms with Crippen LogP contribution in [0.5, 0.6) is 0 Å². The topological polar surface area (TPSA) is 0 Å². The van der Waals surface area contributed by atoms with Gasteiger partial charge in [-0.3, -0.25) is 0 Å². The fourth-order valence-electron chi connectivity index (χ4n) is 3.05. The smallest absolute Gasteiger partial charge is 0.0357 e. The summed E-state index contributed by atoms with van der Waals surface area (Å²) < 4.78 is 0. The van der Waals surface area contributed by atoms with Gasteiger partial charge in [0.15, 0.2) is 0 Å². The first-order valence-electron chi connectivity index (χ1n) is 4.92. The lowest BCUT2D eigenvalue weighted by Crippen LogP contribution is -2.32. The zero-order chi connectivity index (χ0) is 6.97. The SMILES string of the molecule is CCCC1CC2CCC[C@@H]12. The molecule has 0 radical (unpaired) electrons. The highest BCUT2D eigenvalue weighted by atomic mass is 14.5. The lowest BCUT2D eigenvalue weighted by atomic mass is 9.65. The molecule has 58 valence electrons. The van der Waals surface area contributed by atoms with E-state index in [-0.39, 0.29) is 0 Å². The molecule has 2 aliphatic carbocycles. The van der Waals surface area contributed by atoms with Gasteiger partial charge in [0.25, 0.3) is 0 Å². The number of rotatable bonds is 2. The second-order valence-corrected chi connectivity index (χ2v) is 4.14. The van der Waals surface area contributed by atoms with Crippen molar-refractivity contribution in [1.29, 1.82) is 0 Å². The standard InChI is InChI=1S/C10H18/c1-2-4-8-7-9-5-3-6-10(8)9/h8-10H,2-7H2,1H3/t8?,9?,10-/m0/s1. The molecule has 0 bridgehead atoms. The van der Waals surface area contributed by atoms with Crippen LogP contribution in [0.25, 0.3) is 0 Å². The molecule has 2 fully saturated rings. The Hall–Kier alpha value is 0. The zero-order valence-corrected chi connectivity index (χ0v) is 6.97. The van der Waals surface area contributed by atoms with Crippen LogP contribution in [-0.2, 0) is 0 Å². The molecule has 0 nitrogen and oxygen atoms in total. The van der Waals surface area contributed by atoms with Gasteiger partial charge >= 0.3 is 0 Å². The van der Waals surface area contributed by atoms with Crippen molar-refractivity contribution in [2.75, 3.05) is 0 Å². The van der Waals surface area contributed by atoms with Crippen LogP contribution in [0.15, 0.2) is 0 Å². The Morgan fingerprint density at radius 1 is 1.30 bits per heavy atom. The molecule has 0 aromatic rings. The van der Waals surface area contributed by atoms with E-state index in [1.54, 1.807) is 19.3 Å². The molecule has 10 heavy (non-hydrogen) atoms. The summed E-state index contributed by atoms with van der Waals surface area (Å²) in [7, 11) is 0. The van der Waals surface area contributed by atoms with Crippen LogP contribution in [0.3, 0.4) is 0 Å². The molecule has 2 rings (SSSR count). The van der Waals surface area contributed by atoms with Gasteiger partial charge in [0, 0.05) is 0 Å². The van der Waals surface area contributed by atoms with Gasteiger partial charge in [-0.1, -0.05) is 32.6 Å². The van der Waals surface area contributed by atoms with E-state index in [0.29, 0.717) is 0 Å². The summed E-state index contributed by atoms with van der Waals surface area (Å²) in [6, 6.07) is 0. The Kier molecular flexibility index (Phi) is 1.71. The third-order valence-electron chi connectivity index (χ3n) is 3.59. The maximum absolute atomic E-state index is 2.32. The summed E-state index contributed by atoms with van der Waals surface area (Å²) in [5.74, 6) is 3.51. The van der Waals surface area contributed by atoms with Gasteiger partial charge in [0.1, 0.15) is 0 Å². The Balaban J connectivity index is 1.83. The van der Waals surface area contributed by atoms with Crippen LogP contribution in [0, 0.1) is 17.8 Å². The van der Waals surface area contributed by atoms with E-state index >= 15 is 0 Å². The highest BCUT2D eigenvalue weighted by Gasteiger charge is 2.42. The maximum atomic E-state index is 2.32. The minimum atomic E-state index is 1.15. The van der Waals surface area contributed by atoms with Crippen LogP contribution in [0.4, 0.5) is 0 Å². The second-order valence-electron chi connectivity index (χ2n) is 4.14. The monoisotopic (exact) mass is 138 g/mol. The second kappa shape index (κ2) is 2.56. The summed E-state index contributed by atoms with van der Waals surface area (Å²) in [5.41, 5.74) is 0. The first kappa shape index (κ1) is 6.69. The average Bonchev–Trinajstić information content (AvgIpc) is 2.26. The van der Waals surface area contributed by atoms with Crippen molar-refractivity contribution in [3.63, 3.8) is 0 Å². The first-order chi connectivity index (χ1) is 4.92. The van der Waals surface area contributed by atoms with Crippen molar-refractivity contribution in [3.8, 4) is 0 Å². The average molecular weight is 138 g/mol. The van der Waals surface area contributed by atoms with Gasteiger partial charge in [-0.25, -0.2) is 0 Å². The predicted molar refractivity (Wildman–Crippen MR) is 43.8 cm³/mol. The summed E-state index contributed by atoms with van der Waals surface area (Å²) in [6.45, 7) is 2.32. The molecule has 0 aliphatic heterocycles. The van der Waals surface area contributed by atoms with Crippen molar-refractivity contribution in [3.05, 3.63) is 0 Å². The van der Waals surface area contributed by atoms with E-state index in [1.165, 1.54) is 31.1 Å². The molecule has 2 saturated carbocycles. The lowest BCUT2D eigenvalue weighted by molar-refractivity contribution is 0.0943. The number of fused-ring (bicyclic) bond motifs is 1. The molecular weight excluding hydrogens is 120 g/mol. The van der Waals surface area contributed by atoms with E-state index in [2.05, 4.69) is 6.92 Å². The van der Waals surface area contributed by atoms with E-state index in [9.17, 15) is 0 Å². The third-order valence-corrected chi connectivity index (χ3v) is 3.59. The van der Waals surface area contributed by atoms with Gasteiger partial charge in [-0.15, -0.1) is 0 Å². The quantitative estimate of drug-likeness (QED) is 0.549. The van der Waals surface area contributed by atoms with Gasteiger partial charge in [0.2, 0.25) is 0 Å². The molecule has 0 aromatic carbocycles. The van der Waals surface area contributed by atoms with Gasteiger partial charge in [-0.05, 0) is 30.6 Å². The first-order valence-corrected chi connectivity index (χ1v) is 4.92. The normalized spacial score (nSPS) is 44.7. The lowest BCUT2D eigenvalue weighted by Gasteiger charge is -2.40. The largest absolute Gasteiger partial charge is 0.0654 e. The zero-order valence-electron chi connectivity index (χ0n) is 6.97. The Labute approximate surface area is 64.0 Å². The van der Waals surface area contributed by atoms with Crippen LogP contribution >= 0.6 is 0 Å². The van der Waals surface area contributed by atoms with E-state index in [4.69, 9.17) is 0 Å². The van der Waals surface area contributed by atoms with Crippen LogP contribution < -0.4 is 0 Å². The maximum Gasteiger partial charge on any atom is -0.0357 e.